The first-order valence-corrected chi connectivity index (χ1v) is 3.97. The first-order valence-electron chi connectivity index (χ1n) is 3.97. The maximum atomic E-state index is 11.5. The third kappa shape index (κ3) is 4.90. The summed E-state index contributed by atoms with van der Waals surface area (Å²) in [6.07, 6.45) is 6.16. The molecule has 1 fully saturated rings. The largest absolute Gasteiger partial charge is 2.00 e. The van der Waals surface area contributed by atoms with Gasteiger partial charge in [-0.05, 0) is 0 Å². The summed E-state index contributed by atoms with van der Waals surface area (Å²) in [6.45, 7) is 2.10. The van der Waals surface area contributed by atoms with E-state index in [4.69, 9.17) is 0 Å². The van der Waals surface area contributed by atoms with Crippen LogP contribution >= 0.6 is 0 Å². The average Bonchev–Trinajstić information content (AvgIpc) is 2.16. The summed E-state index contributed by atoms with van der Waals surface area (Å²) in [5.41, 5.74) is -0.505. The van der Waals surface area contributed by atoms with Crippen LogP contribution in [0.2, 0.25) is 0 Å². The zero-order valence-corrected chi connectivity index (χ0v) is 10.8. The molecule has 0 heterocycles. The molecule has 0 amide bonds. The van der Waals surface area contributed by atoms with E-state index < -0.39 is 5.60 Å². The van der Waals surface area contributed by atoms with Gasteiger partial charge in [0.15, 0.2) is 0 Å². The summed E-state index contributed by atoms with van der Waals surface area (Å²) >= 11 is 0. The molecule has 0 unspecified atom stereocenters. The van der Waals surface area contributed by atoms with Gasteiger partial charge in [0.2, 0.25) is 0 Å². The Balaban J connectivity index is 0. The van der Waals surface area contributed by atoms with Crippen molar-refractivity contribution in [3.05, 3.63) is 0 Å². The molecule has 0 aromatic rings. The smallest absolute Gasteiger partial charge is 1.00 e. The molecule has 0 saturated heterocycles. The van der Waals surface area contributed by atoms with E-state index in [1.54, 1.807) is 0 Å². The second-order valence-corrected chi connectivity index (χ2v) is 3.14. The molecule has 62 valence electrons. The summed E-state index contributed by atoms with van der Waals surface area (Å²) in [5, 5.41) is 11.5. The van der Waals surface area contributed by atoms with E-state index in [2.05, 4.69) is 6.92 Å². The van der Waals surface area contributed by atoms with Crippen molar-refractivity contribution in [2.24, 2.45) is 0 Å². The second kappa shape index (κ2) is 6.92. The molecule has 0 aliphatic heterocycles. The molecule has 0 N–H and O–H groups in total. The SMILES string of the molecule is CCCC1([O-])CCCC1.[I-].[Mg+2]. The van der Waals surface area contributed by atoms with Crippen molar-refractivity contribution in [2.75, 3.05) is 0 Å². The Hall–Kier alpha value is 1.46. The van der Waals surface area contributed by atoms with Gasteiger partial charge in [0.05, 0.1) is 0 Å². The van der Waals surface area contributed by atoms with Crippen LogP contribution < -0.4 is 29.1 Å². The summed E-state index contributed by atoms with van der Waals surface area (Å²) in [5.74, 6) is 0. The molecule has 0 aromatic heterocycles. The maximum absolute atomic E-state index is 11.5. The normalized spacial score (nSPS) is 20.2. The van der Waals surface area contributed by atoms with Crippen molar-refractivity contribution in [3.8, 4) is 0 Å². The fourth-order valence-electron chi connectivity index (χ4n) is 1.72. The van der Waals surface area contributed by atoms with Gasteiger partial charge in [-0.15, -0.1) is 5.60 Å². The van der Waals surface area contributed by atoms with Crippen LogP contribution in [0.15, 0.2) is 0 Å². The Morgan fingerprint density at radius 1 is 1.27 bits per heavy atom. The van der Waals surface area contributed by atoms with Crippen molar-refractivity contribution in [1.29, 1.82) is 0 Å². The van der Waals surface area contributed by atoms with Gasteiger partial charge >= 0.3 is 23.1 Å². The molecule has 0 radical (unpaired) electrons. The third-order valence-electron chi connectivity index (χ3n) is 2.22. The Morgan fingerprint density at radius 2 is 1.73 bits per heavy atom. The van der Waals surface area contributed by atoms with Gasteiger partial charge in [-0.1, -0.05) is 45.4 Å². The van der Waals surface area contributed by atoms with Gasteiger partial charge in [-0.3, -0.25) is 0 Å². The molecule has 0 bridgehead atoms. The van der Waals surface area contributed by atoms with Crippen molar-refractivity contribution >= 4 is 23.1 Å². The van der Waals surface area contributed by atoms with E-state index in [1.165, 1.54) is 12.8 Å². The molecule has 1 aliphatic carbocycles. The minimum Gasteiger partial charge on any atom is -1.00 e. The molecule has 3 heteroatoms. The van der Waals surface area contributed by atoms with E-state index >= 15 is 0 Å². The fraction of sp³-hybridized carbons (Fsp3) is 1.00. The van der Waals surface area contributed by atoms with Crippen LogP contribution in [0.1, 0.15) is 45.4 Å². The molecule has 1 saturated carbocycles. The van der Waals surface area contributed by atoms with Gasteiger partial charge in [-0.25, -0.2) is 0 Å². The first-order chi connectivity index (χ1) is 4.27. The van der Waals surface area contributed by atoms with Gasteiger partial charge in [0.25, 0.3) is 0 Å². The molecule has 1 rings (SSSR count). The number of rotatable bonds is 2. The van der Waals surface area contributed by atoms with Crippen LogP contribution in [0.25, 0.3) is 0 Å². The molecular formula is C8H15IMgO. The van der Waals surface area contributed by atoms with Crippen LogP contribution in [-0.2, 0) is 0 Å². The molecule has 1 nitrogen and oxygen atoms in total. The van der Waals surface area contributed by atoms with Gasteiger partial charge in [-0.2, -0.15) is 0 Å². The number of hydrogen-bond donors (Lipinski definition) is 0. The number of halogens is 1. The quantitative estimate of drug-likeness (QED) is 0.427. The molecule has 11 heavy (non-hydrogen) atoms. The van der Waals surface area contributed by atoms with E-state index in [0.717, 1.165) is 25.7 Å². The van der Waals surface area contributed by atoms with Crippen LogP contribution in [0.5, 0.6) is 0 Å². The Morgan fingerprint density at radius 3 is 2.09 bits per heavy atom. The third-order valence-corrected chi connectivity index (χ3v) is 2.22. The monoisotopic (exact) mass is 278 g/mol. The van der Waals surface area contributed by atoms with Gasteiger partial charge in [0.1, 0.15) is 0 Å². The average molecular weight is 278 g/mol. The standard InChI is InChI=1S/C8H15O.HI.Mg/c1-2-5-8(9)6-3-4-7-8;;/h2-7H2,1H3;1H;/q-1;;+2/p-1. The molecular weight excluding hydrogens is 263 g/mol. The van der Waals surface area contributed by atoms with Crippen LogP contribution in [0.4, 0.5) is 0 Å². The summed E-state index contributed by atoms with van der Waals surface area (Å²) in [6, 6.07) is 0. The minimum absolute atomic E-state index is 0. The zero-order valence-electron chi connectivity index (χ0n) is 7.24. The molecule has 0 atom stereocenters. The van der Waals surface area contributed by atoms with Crippen LogP contribution in [0.3, 0.4) is 0 Å². The van der Waals surface area contributed by atoms with Crippen LogP contribution in [-0.4, -0.2) is 28.7 Å². The predicted molar refractivity (Wildman–Crippen MR) is 41.9 cm³/mol. The first kappa shape index (κ1) is 15.0. The van der Waals surface area contributed by atoms with Crippen molar-refractivity contribution < 1.29 is 29.1 Å². The van der Waals surface area contributed by atoms with Gasteiger partial charge in [0, 0.05) is 0 Å². The fourth-order valence-corrected chi connectivity index (χ4v) is 1.72. The Labute approximate surface area is 102 Å². The van der Waals surface area contributed by atoms with Crippen molar-refractivity contribution in [1.82, 2.24) is 0 Å². The predicted octanol–water partition coefficient (Wildman–Crippen LogP) is -1.92. The second-order valence-electron chi connectivity index (χ2n) is 3.14. The Kier molecular flexibility index (Phi) is 9.40. The topological polar surface area (TPSA) is 23.1 Å². The van der Waals surface area contributed by atoms with Crippen molar-refractivity contribution in [3.63, 3.8) is 0 Å². The van der Waals surface area contributed by atoms with Gasteiger partial charge < -0.3 is 29.1 Å². The van der Waals surface area contributed by atoms with Crippen molar-refractivity contribution in [2.45, 2.75) is 51.0 Å². The summed E-state index contributed by atoms with van der Waals surface area (Å²) in [4.78, 5) is 0. The molecule has 0 aromatic carbocycles. The molecule has 1 aliphatic rings. The minimum atomic E-state index is -0.505. The Bertz CT molecular complexity index is 92.1. The number of hydrogen-bond acceptors (Lipinski definition) is 1. The molecule has 0 spiro atoms. The summed E-state index contributed by atoms with van der Waals surface area (Å²) < 4.78 is 0. The van der Waals surface area contributed by atoms with E-state index in [0.29, 0.717) is 0 Å². The van der Waals surface area contributed by atoms with E-state index in [-0.39, 0.29) is 47.0 Å². The zero-order chi connectivity index (χ0) is 6.74. The van der Waals surface area contributed by atoms with E-state index in [1.807, 2.05) is 0 Å². The van der Waals surface area contributed by atoms with E-state index in [9.17, 15) is 5.11 Å². The van der Waals surface area contributed by atoms with Crippen LogP contribution in [0, 0.1) is 0 Å². The maximum Gasteiger partial charge on any atom is 2.00 e. The summed E-state index contributed by atoms with van der Waals surface area (Å²) in [7, 11) is 0.